The Morgan fingerprint density at radius 1 is 1.00 bits per heavy atom. The predicted molar refractivity (Wildman–Crippen MR) is 80.3 cm³/mol. The molecule has 0 fully saturated rings. The van der Waals surface area contributed by atoms with E-state index in [1.807, 2.05) is 42.5 Å². The molecule has 2 N–H and O–H groups in total. The number of pyridine rings is 1. The third kappa shape index (κ3) is 1.74. The van der Waals surface area contributed by atoms with Gasteiger partial charge in [-0.3, -0.25) is 4.40 Å². The van der Waals surface area contributed by atoms with Crippen LogP contribution in [0.15, 0.2) is 54.7 Å². The van der Waals surface area contributed by atoms with Gasteiger partial charge in [-0.2, -0.15) is 0 Å². The zero-order valence-electron chi connectivity index (χ0n) is 11.0. The molecule has 0 radical (unpaired) electrons. The lowest BCUT2D eigenvalue weighted by Crippen LogP contribution is -1.96. The SMILES string of the molecule is Nc1cc(F)cn2c(-c3cccc4ccccc34)nnc12. The quantitative estimate of drug-likeness (QED) is 0.581. The molecule has 2 heterocycles. The Hall–Kier alpha value is -2.95. The van der Waals surface area contributed by atoms with Crippen molar-refractivity contribution in [2.24, 2.45) is 0 Å². The van der Waals surface area contributed by atoms with E-state index in [0.717, 1.165) is 16.3 Å². The summed E-state index contributed by atoms with van der Waals surface area (Å²) >= 11 is 0. The molecule has 0 saturated heterocycles. The fraction of sp³-hybridized carbons (Fsp3) is 0. The van der Waals surface area contributed by atoms with E-state index in [0.29, 0.717) is 11.5 Å². The van der Waals surface area contributed by atoms with Gasteiger partial charge >= 0.3 is 0 Å². The summed E-state index contributed by atoms with van der Waals surface area (Å²) in [7, 11) is 0. The van der Waals surface area contributed by atoms with Crippen molar-refractivity contribution in [2.75, 3.05) is 5.73 Å². The number of aromatic nitrogens is 3. The van der Waals surface area contributed by atoms with Gasteiger partial charge in [0.1, 0.15) is 5.82 Å². The van der Waals surface area contributed by atoms with E-state index in [9.17, 15) is 4.39 Å². The van der Waals surface area contributed by atoms with Gasteiger partial charge in [-0.15, -0.1) is 10.2 Å². The average Bonchev–Trinajstić information content (AvgIpc) is 2.90. The van der Waals surface area contributed by atoms with Crippen LogP contribution in [0.25, 0.3) is 27.8 Å². The standard InChI is InChI=1S/C16H11FN4/c17-11-8-14(18)16-20-19-15(21(16)9-11)13-7-3-5-10-4-1-2-6-12(10)13/h1-9H,18H2. The van der Waals surface area contributed by atoms with Gasteiger partial charge in [-0.1, -0.05) is 42.5 Å². The van der Waals surface area contributed by atoms with Crippen molar-refractivity contribution in [3.05, 3.63) is 60.5 Å². The Bertz CT molecular complexity index is 969. The Morgan fingerprint density at radius 3 is 2.71 bits per heavy atom. The molecule has 102 valence electrons. The third-order valence-electron chi connectivity index (χ3n) is 3.53. The molecule has 5 heteroatoms. The Labute approximate surface area is 119 Å². The molecule has 0 amide bonds. The lowest BCUT2D eigenvalue weighted by molar-refractivity contribution is 0.620. The topological polar surface area (TPSA) is 56.2 Å². The fourth-order valence-electron chi connectivity index (χ4n) is 2.59. The largest absolute Gasteiger partial charge is 0.396 e. The number of benzene rings is 2. The lowest BCUT2D eigenvalue weighted by Gasteiger charge is -2.05. The summed E-state index contributed by atoms with van der Waals surface area (Å²) in [6.07, 6.45) is 1.35. The monoisotopic (exact) mass is 278 g/mol. The van der Waals surface area contributed by atoms with Crippen LogP contribution in [-0.4, -0.2) is 14.6 Å². The highest BCUT2D eigenvalue weighted by molar-refractivity contribution is 5.95. The molecule has 4 aromatic rings. The molecule has 4 rings (SSSR count). The molecule has 0 aliphatic carbocycles. The molecular formula is C16H11FN4. The van der Waals surface area contributed by atoms with E-state index in [-0.39, 0.29) is 5.69 Å². The van der Waals surface area contributed by atoms with Gasteiger partial charge in [0.05, 0.1) is 5.69 Å². The highest BCUT2D eigenvalue weighted by Gasteiger charge is 2.13. The van der Waals surface area contributed by atoms with E-state index >= 15 is 0 Å². The smallest absolute Gasteiger partial charge is 0.184 e. The zero-order chi connectivity index (χ0) is 14.4. The molecule has 2 aromatic carbocycles. The number of hydrogen-bond donors (Lipinski definition) is 1. The van der Waals surface area contributed by atoms with Gasteiger partial charge in [-0.05, 0) is 10.8 Å². The van der Waals surface area contributed by atoms with Crippen molar-refractivity contribution < 1.29 is 4.39 Å². The van der Waals surface area contributed by atoms with Crippen molar-refractivity contribution in [2.45, 2.75) is 0 Å². The van der Waals surface area contributed by atoms with Gasteiger partial charge in [0, 0.05) is 17.8 Å². The number of nitrogen functional groups attached to an aromatic ring is 1. The van der Waals surface area contributed by atoms with Crippen LogP contribution in [-0.2, 0) is 0 Å². The Balaban J connectivity index is 2.10. The second kappa shape index (κ2) is 4.28. The first kappa shape index (κ1) is 11.8. The maximum Gasteiger partial charge on any atom is 0.184 e. The molecule has 0 aliphatic heterocycles. The highest BCUT2D eigenvalue weighted by Crippen LogP contribution is 2.28. The van der Waals surface area contributed by atoms with Gasteiger partial charge in [-0.25, -0.2) is 4.39 Å². The Kier molecular flexibility index (Phi) is 2.41. The van der Waals surface area contributed by atoms with E-state index in [1.54, 1.807) is 4.40 Å². The predicted octanol–water partition coefficient (Wildman–Crippen LogP) is 3.27. The number of anilines is 1. The van der Waals surface area contributed by atoms with E-state index < -0.39 is 5.82 Å². The van der Waals surface area contributed by atoms with Crippen molar-refractivity contribution in [3.63, 3.8) is 0 Å². The first-order valence-electron chi connectivity index (χ1n) is 6.52. The minimum Gasteiger partial charge on any atom is -0.396 e. The maximum atomic E-state index is 13.6. The number of hydrogen-bond acceptors (Lipinski definition) is 3. The molecular weight excluding hydrogens is 267 g/mol. The molecule has 0 atom stereocenters. The summed E-state index contributed by atoms with van der Waals surface area (Å²) in [5, 5.41) is 10.4. The number of nitrogens with two attached hydrogens (primary N) is 1. The van der Waals surface area contributed by atoms with Crippen molar-refractivity contribution in [3.8, 4) is 11.4 Å². The van der Waals surface area contributed by atoms with Crippen molar-refractivity contribution in [1.82, 2.24) is 14.6 Å². The molecule has 0 unspecified atom stereocenters. The molecule has 0 aliphatic rings. The van der Waals surface area contributed by atoms with Crippen LogP contribution < -0.4 is 5.73 Å². The first-order chi connectivity index (χ1) is 10.2. The fourth-order valence-corrected chi connectivity index (χ4v) is 2.59. The summed E-state index contributed by atoms with van der Waals surface area (Å²) in [6, 6.07) is 15.1. The van der Waals surface area contributed by atoms with Crippen molar-refractivity contribution >= 4 is 22.1 Å². The molecule has 4 nitrogen and oxygen atoms in total. The van der Waals surface area contributed by atoms with Crippen LogP contribution in [0.2, 0.25) is 0 Å². The van der Waals surface area contributed by atoms with E-state index in [4.69, 9.17) is 5.73 Å². The van der Waals surface area contributed by atoms with Crippen LogP contribution >= 0.6 is 0 Å². The molecule has 0 saturated carbocycles. The van der Waals surface area contributed by atoms with Crippen LogP contribution in [0.3, 0.4) is 0 Å². The minimum atomic E-state index is -0.415. The van der Waals surface area contributed by atoms with Crippen LogP contribution in [0.1, 0.15) is 0 Å². The summed E-state index contributed by atoms with van der Waals surface area (Å²) in [5.74, 6) is 0.161. The average molecular weight is 278 g/mol. The Morgan fingerprint density at radius 2 is 1.81 bits per heavy atom. The van der Waals surface area contributed by atoms with Gasteiger partial charge in [0.2, 0.25) is 0 Å². The minimum absolute atomic E-state index is 0.272. The summed E-state index contributed by atoms with van der Waals surface area (Å²) < 4.78 is 15.2. The summed E-state index contributed by atoms with van der Waals surface area (Å²) in [4.78, 5) is 0. The third-order valence-corrected chi connectivity index (χ3v) is 3.53. The number of halogens is 1. The summed E-state index contributed by atoms with van der Waals surface area (Å²) in [5.41, 5.74) is 7.42. The number of nitrogens with zero attached hydrogens (tertiary/aromatic N) is 3. The maximum absolute atomic E-state index is 13.6. The molecule has 0 bridgehead atoms. The highest BCUT2D eigenvalue weighted by atomic mass is 19.1. The van der Waals surface area contributed by atoms with Crippen LogP contribution in [0, 0.1) is 5.82 Å². The number of fused-ring (bicyclic) bond motifs is 2. The van der Waals surface area contributed by atoms with Gasteiger partial charge < -0.3 is 5.73 Å². The van der Waals surface area contributed by atoms with Gasteiger partial charge in [0.15, 0.2) is 11.5 Å². The normalized spacial score (nSPS) is 11.3. The van der Waals surface area contributed by atoms with E-state index in [2.05, 4.69) is 10.2 Å². The molecule has 2 aromatic heterocycles. The van der Waals surface area contributed by atoms with Crippen LogP contribution in [0.5, 0.6) is 0 Å². The molecule has 21 heavy (non-hydrogen) atoms. The van der Waals surface area contributed by atoms with Crippen molar-refractivity contribution in [1.29, 1.82) is 0 Å². The van der Waals surface area contributed by atoms with Crippen LogP contribution in [0.4, 0.5) is 10.1 Å². The second-order valence-electron chi connectivity index (χ2n) is 4.86. The number of rotatable bonds is 1. The van der Waals surface area contributed by atoms with Gasteiger partial charge in [0.25, 0.3) is 0 Å². The second-order valence-corrected chi connectivity index (χ2v) is 4.86. The van der Waals surface area contributed by atoms with E-state index in [1.165, 1.54) is 12.3 Å². The lowest BCUT2D eigenvalue weighted by atomic mass is 10.0. The first-order valence-corrected chi connectivity index (χ1v) is 6.52. The zero-order valence-corrected chi connectivity index (χ0v) is 11.0. The molecule has 0 spiro atoms. The summed E-state index contributed by atoms with van der Waals surface area (Å²) in [6.45, 7) is 0.